The molecule has 2 aliphatic rings. The van der Waals surface area contributed by atoms with Crippen LogP contribution in [0.4, 0.5) is 5.82 Å². The third-order valence-corrected chi connectivity index (χ3v) is 5.99. The molecule has 8 nitrogen and oxygen atoms in total. The molecule has 1 aromatic carbocycles. The number of hydrogen-bond acceptors (Lipinski definition) is 6. The summed E-state index contributed by atoms with van der Waals surface area (Å²) in [4.78, 5) is 2.35. The zero-order chi connectivity index (χ0) is 19.2. The predicted octanol–water partition coefficient (Wildman–Crippen LogP) is 2.39. The molecule has 0 spiro atoms. The van der Waals surface area contributed by atoms with Crippen molar-refractivity contribution < 1.29 is 0 Å². The van der Waals surface area contributed by atoms with E-state index >= 15 is 0 Å². The number of hydrogen-bond donors (Lipinski definition) is 2. The Morgan fingerprint density at radius 2 is 2.03 bits per heavy atom. The second-order valence-corrected chi connectivity index (χ2v) is 7.86. The minimum atomic E-state index is 0.589. The minimum Gasteiger partial charge on any atom is -0.352 e. The number of nitrogens with zero attached hydrogens (tertiary/aromatic N) is 6. The molecule has 1 saturated carbocycles. The van der Waals surface area contributed by atoms with Crippen molar-refractivity contribution in [1.29, 1.82) is 0 Å². The van der Waals surface area contributed by atoms with Crippen LogP contribution < -0.4 is 10.2 Å². The van der Waals surface area contributed by atoms with Crippen LogP contribution in [0.15, 0.2) is 48.9 Å². The van der Waals surface area contributed by atoms with Gasteiger partial charge in [0.2, 0.25) is 0 Å². The fourth-order valence-electron chi connectivity index (χ4n) is 4.28. The lowest BCUT2D eigenvalue weighted by Crippen LogP contribution is -2.52. The Balaban J connectivity index is 1.31. The van der Waals surface area contributed by atoms with Crippen LogP contribution in [0.2, 0.25) is 0 Å². The topological polar surface area (TPSA) is 87.6 Å². The Bertz CT molecular complexity index is 1130. The van der Waals surface area contributed by atoms with Crippen LogP contribution in [-0.4, -0.2) is 55.9 Å². The zero-order valence-corrected chi connectivity index (χ0v) is 16.0. The van der Waals surface area contributed by atoms with E-state index in [1.165, 1.54) is 12.8 Å². The highest BCUT2D eigenvalue weighted by atomic mass is 15.3. The van der Waals surface area contributed by atoms with E-state index in [0.29, 0.717) is 6.04 Å². The van der Waals surface area contributed by atoms with Crippen molar-refractivity contribution in [2.24, 2.45) is 5.92 Å². The number of fused-ring (bicyclic) bond motifs is 1. The molecule has 1 aliphatic carbocycles. The zero-order valence-electron chi connectivity index (χ0n) is 16.0. The first-order chi connectivity index (χ1) is 14.4. The molecule has 2 N–H and O–H groups in total. The van der Waals surface area contributed by atoms with Gasteiger partial charge in [0.15, 0.2) is 5.82 Å². The van der Waals surface area contributed by atoms with Crippen LogP contribution in [0.25, 0.3) is 27.8 Å². The summed E-state index contributed by atoms with van der Waals surface area (Å²) in [6.07, 6.45) is 8.23. The van der Waals surface area contributed by atoms with Crippen molar-refractivity contribution in [3.63, 3.8) is 0 Å². The Morgan fingerprint density at radius 3 is 2.83 bits per heavy atom. The molecular weight excluding hydrogens is 364 g/mol. The summed E-state index contributed by atoms with van der Waals surface area (Å²) in [5.41, 5.74) is 3.76. The van der Waals surface area contributed by atoms with E-state index in [4.69, 9.17) is 0 Å². The molecule has 2 fully saturated rings. The number of benzene rings is 1. The maximum absolute atomic E-state index is 4.56. The maximum Gasteiger partial charge on any atom is 0.151 e. The number of H-pyrrole nitrogens is 1. The van der Waals surface area contributed by atoms with Crippen molar-refractivity contribution in [2.75, 3.05) is 24.5 Å². The molecule has 4 heterocycles. The van der Waals surface area contributed by atoms with Crippen molar-refractivity contribution in [3.8, 4) is 16.9 Å². The lowest BCUT2D eigenvalue weighted by molar-refractivity contribution is 0.416. The molecule has 1 atom stereocenters. The molecule has 8 heteroatoms. The molecule has 0 unspecified atom stereocenters. The largest absolute Gasteiger partial charge is 0.352 e. The van der Waals surface area contributed by atoms with Crippen molar-refractivity contribution in [2.45, 2.75) is 18.9 Å². The monoisotopic (exact) mass is 386 g/mol. The number of aromatic nitrogens is 6. The van der Waals surface area contributed by atoms with Gasteiger partial charge in [0.1, 0.15) is 0 Å². The van der Waals surface area contributed by atoms with Gasteiger partial charge in [0.05, 0.1) is 23.1 Å². The first-order valence-electron chi connectivity index (χ1n) is 10.2. The Kier molecular flexibility index (Phi) is 3.83. The van der Waals surface area contributed by atoms with Crippen LogP contribution in [0.5, 0.6) is 0 Å². The summed E-state index contributed by atoms with van der Waals surface area (Å²) >= 11 is 0. The number of anilines is 1. The molecule has 6 rings (SSSR count). The fourth-order valence-corrected chi connectivity index (χ4v) is 4.28. The first kappa shape index (κ1) is 16.7. The number of aromatic amines is 1. The van der Waals surface area contributed by atoms with Gasteiger partial charge in [-0.05, 0) is 49.1 Å². The molecule has 0 bridgehead atoms. The van der Waals surface area contributed by atoms with Gasteiger partial charge in [-0.3, -0.25) is 5.10 Å². The highest BCUT2D eigenvalue weighted by molar-refractivity contribution is 5.97. The standard InChI is InChI=1S/C21H22N8/c1-8-24-29(10-1)19-6-4-15(16-12-23-27-21(16)19)17-5-7-20(26-25-17)28-11-9-22-18(13-28)14-2-3-14/h1,4-8,10,12,14,18,22H,2-3,9,11,13H2,(H,23,27)/t18-/m0/s1. The molecular formula is C21H22N8. The molecule has 29 heavy (non-hydrogen) atoms. The number of nitrogens with one attached hydrogen (secondary N) is 2. The first-order valence-corrected chi connectivity index (χ1v) is 10.2. The summed E-state index contributed by atoms with van der Waals surface area (Å²) in [5.74, 6) is 1.80. The molecule has 4 aromatic rings. The molecule has 1 aliphatic heterocycles. The van der Waals surface area contributed by atoms with E-state index in [-0.39, 0.29) is 0 Å². The van der Waals surface area contributed by atoms with E-state index < -0.39 is 0 Å². The molecule has 0 amide bonds. The predicted molar refractivity (Wildman–Crippen MR) is 111 cm³/mol. The highest BCUT2D eigenvalue weighted by Gasteiger charge is 2.34. The smallest absolute Gasteiger partial charge is 0.151 e. The van der Waals surface area contributed by atoms with Crippen LogP contribution in [0.1, 0.15) is 12.8 Å². The fraction of sp³-hybridized carbons (Fsp3) is 0.333. The Hall–Kier alpha value is -3.26. The normalized spacial score (nSPS) is 19.7. The average molecular weight is 386 g/mol. The molecule has 1 saturated heterocycles. The van der Waals surface area contributed by atoms with Gasteiger partial charge in [-0.1, -0.05) is 0 Å². The van der Waals surface area contributed by atoms with E-state index in [1.807, 2.05) is 29.2 Å². The number of piperazine rings is 1. The quantitative estimate of drug-likeness (QED) is 0.560. The lowest BCUT2D eigenvalue weighted by Gasteiger charge is -2.34. The van der Waals surface area contributed by atoms with Gasteiger partial charge in [-0.15, -0.1) is 10.2 Å². The van der Waals surface area contributed by atoms with Gasteiger partial charge < -0.3 is 10.2 Å². The van der Waals surface area contributed by atoms with Crippen LogP contribution in [0, 0.1) is 5.92 Å². The number of rotatable bonds is 4. The SMILES string of the molecule is c1cnn(-c2ccc(-c3ccc(N4CCN[C@H](C5CC5)C4)nn3)c3cn[nH]c23)c1. The van der Waals surface area contributed by atoms with Crippen molar-refractivity contribution >= 4 is 16.7 Å². The van der Waals surface area contributed by atoms with Crippen LogP contribution in [-0.2, 0) is 0 Å². The summed E-state index contributed by atoms with van der Waals surface area (Å²) in [6.45, 7) is 3.00. The Labute approximate surface area is 167 Å². The minimum absolute atomic E-state index is 0.589. The molecule has 146 valence electrons. The Morgan fingerprint density at radius 1 is 1.07 bits per heavy atom. The van der Waals surface area contributed by atoms with E-state index in [9.17, 15) is 0 Å². The summed E-state index contributed by atoms with van der Waals surface area (Å²) in [7, 11) is 0. The van der Waals surface area contributed by atoms with Gasteiger partial charge >= 0.3 is 0 Å². The van der Waals surface area contributed by atoms with Gasteiger partial charge in [-0.25, -0.2) is 4.68 Å². The maximum atomic E-state index is 4.56. The van der Waals surface area contributed by atoms with E-state index in [0.717, 1.165) is 59.2 Å². The van der Waals surface area contributed by atoms with E-state index in [2.05, 4.69) is 53.9 Å². The third kappa shape index (κ3) is 2.96. The summed E-state index contributed by atoms with van der Waals surface area (Å²) in [5, 5.41) is 25.4. The average Bonchev–Trinajstić information content (AvgIpc) is 3.26. The van der Waals surface area contributed by atoms with Crippen molar-refractivity contribution in [1.82, 2.24) is 35.5 Å². The molecule has 0 radical (unpaired) electrons. The highest BCUT2D eigenvalue weighted by Crippen LogP contribution is 2.34. The summed E-state index contributed by atoms with van der Waals surface area (Å²) < 4.78 is 1.83. The summed E-state index contributed by atoms with van der Waals surface area (Å²) in [6, 6.07) is 10.7. The van der Waals surface area contributed by atoms with Crippen molar-refractivity contribution in [3.05, 3.63) is 48.9 Å². The van der Waals surface area contributed by atoms with Crippen LogP contribution in [0.3, 0.4) is 0 Å². The lowest BCUT2D eigenvalue weighted by atomic mass is 10.1. The van der Waals surface area contributed by atoms with Gasteiger partial charge in [-0.2, -0.15) is 10.2 Å². The second kappa shape index (κ2) is 6.66. The van der Waals surface area contributed by atoms with Crippen LogP contribution >= 0.6 is 0 Å². The van der Waals surface area contributed by atoms with Gasteiger partial charge in [0, 0.05) is 49.0 Å². The second-order valence-electron chi connectivity index (χ2n) is 7.86. The van der Waals surface area contributed by atoms with E-state index in [1.54, 1.807) is 6.20 Å². The third-order valence-electron chi connectivity index (χ3n) is 5.99. The molecule has 3 aromatic heterocycles. The van der Waals surface area contributed by atoms with Gasteiger partial charge in [0.25, 0.3) is 0 Å².